The second-order valence-electron chi connectivity index (χ2n) is 3.07. The Balaban J connectivity index is 2.05. The summed E-state index contributed by atoms with van der Waals surface area (Å²) in [6, 6.07) is 0. The van der Waals surface area contributed by atoms with Crippen molar-refractivity contribution in [2.45, 2.75) is 12.8 Å². The minimum Gasteiger partial charge on any atom is -0.381 e. The highest BCUT2D eigenvalue weighted by molar-refractivity contribution is 5.67. The second-order valence-corrected chi connectivity index (χ2v) is 3.07. The highest BCUT2D eigenvalue weighted by Gasteiger charge is 2.33. The fourth-order valence-electron chi connectivity index (χ4n) is 1.52. The Morgan fingerprint density at radius 1 is 1.40 bits per heavy atom. The molecule has 0 aromatic heterocycles. The smallest absolute Gasteiger partial charge is 0.0475 e. The fourth-order valence-corrected chi connectivity index (χ4v) is 1.52. The molecule has 2 heterocycles. The zero-order valence-corrected chi connectivity index (χ0v) is 5.97. The first-order valence-corrected chi connectivity index (χ1v) is 3.76. The first kappa shape index (κ1) is 6.16. The average Bonchev–Trinajstić information content (AvgIpc) is 2.39. The molecular weight excluding hydrogens is 128 g/mol. The summed E-state index contributed by atoms with van der Waals surface area (Å²) in [7, 11) is 0. The fraction of sp³-hybridized carbons (Fsp3) is 0.857. The number of rotatable bonds is 0. The van der Waals surface area contributed by atoms with Crippen molar-refractivity contribution in [3.05, 3.63) is 0 Å². The van der Waals surface area contributed by atoms with E-state index in [-0.39, 0.29) is 0 Å². The van der Waals surface area contributed by atoms with Crippen LogP contribution in [0.4, 0.5) is 0 Å². The average molecular weight is 140 g/mol. The molecule has 1 fully saturated rings. The number of nitrogens with one attached hydrogen (secondary N) is 1. The van der Waals surface area contributed by atoms with Gasteiger partial charge in [0, 0.05) is 31.4 Å². The molecule has 0 unspecified atom stereocenters. The third-order valence-corrected chi connectivity index (χ3v) is 2.35. The van der Waals surface area contributed by atoms with Gasteiger partial charge in [0.25, 0.3) is 0 Å². The number of hydrogen-bond donors (Lipinski definition) is 1. The van der Waals surface area contributed by atoms with Gasteiger partial charge < -0.3 is 10.2 Å². The number of hydrazone groups is 1. The van der Waals surface area contributed by atoms with Crippen molar-refractivity contribution in [3.63, 3.8) is 0 Å². The minimum atomic E-state index is 0.345. The van der Waals surface area contributed by atoms with Crippen LogP contribution >= 0.6 is 0 Å². The molecule has 0 bridgehead atoms. The van der Waals surface area contributed by atoms with Gasteiger partial charge in [0.15, 0.2) is 0 Å². The first-order valence-electron chi connectivity index (χ1n) is 3.76. The van der Waals surface area contributed by atoms with Crippen molar-refractivity contribution in [2.75, 3.05) is 19.8 Å². The van der Waals surface area contributed by atoms with Gasteiger partial charge in [0.1, 0.15) is 0 Å². The van der Waals surface area contributed by atoms with E-state index in [2.05, 4.69) is 16.7 Å². The number of nitrogens with zero attached hydrogens (tertiary/aromatic N) is 1. The van der Waals surface area contributed by atoms with Crippen molar-refractivity contribution in [2.24, 2.45) is 10.5 Å². The summed E-state index contributed by atoms with van der Waals surface area (Å²) in [5.74, 6) is 0. The van der Waals surface area contributed by atoms with Crippen LogP contribution in [-0.4, -0.2) is 26.0 Å². The van der Waals surface area contributed by atoms with Crippen molar-refractivity contribution >= 4 is 6.21 Å². The molecule has 2 rings (SSSR count). The highest BCUT2D eigenvalue weighted by atomic mass is 16.5. The van der Waals surface area contributed by atoms with Crippen LogP contribution < -0.4 is 5.43 Å². The van der Waals surface area contributed by atoms with Gasteiger partial charge in [0.05, 0.1) is 0 Å². The Kier molecular flexibility index (Phi) is 1.38. The zero-order chi connectivity index (χ0) is 6.86. The lowest BCUT2D eigenvalue weighted by Gasteiger charge is -2.29. The van der Waals surface area contributed by atoms with Crippen molar-refractivity contribution in [1.29, 1.82) is 0 Å². The maximum absolute atomic E-state index is 5.27. The minimum absolute atomic E-state index is 0.345. The van der Waals surface area contributed by atoms with E-state index >= 15 is 0 Å². The van der Waals surface area contributed by atoms with Crippen LogP contribution in [-0.2, 0) is 4.74 Å². The molecular formula is C7H12N2O. The van der Waals surface area contributed by atoms with Gasteiger partial charge in [-0.15, -0.1) is 0 Å². The van der Waals surface area contributed by atoms with Crippen LogP contribution in [0.3, 0.4) is 0 Å². The van der Waals surface area contributed by atoms with Crippen LogP contribution in [0.2, 0.25) is 0 Å². The Hall–Kier alpha value is -0.570. The molecule has 0 atom stereocenters. The standard InChI is InChI=1S/C7H12N2O/c1-3-10-4-2-7(1)5-8-9-6-7/h5,9H,1-4,6H2. The molecule has 2 aliphatic heterocycles. The van der Waals surface area contributed by atoms with E-state index in [1.165, 1.54) is 0 Å². The zero-order valence-electron chi connectivity index (χ0n) is 5.97. The molecule has 2 aliphatic rings. The van der Waals surface area contributed by atoms with Crippen LogP contribution in [0.15, 0.2) is 5.10 Å². The second kappa shape index (κ2) is 2.23. The summed E-state index contributed by atoms with van der Waals surface area (Å²) in [5.41, 5.74) is 3.34. The predicted octanol–water partition coefficient (Wildman–Crippen LogP) is 0.372. The summed E-state index contributed by atoms with van der Waals surface area (Å²) in [5, 5.41) is 4.03. The van der Waals surface area contributed by atoms with E-state index in [9.17, 15) is 0 Å². The van der Waals surface area contributed by atoms with E-state index < -0.39 is 0 Å². The van der Waals surface area contributed by atoms with Gasteiger partial charge >= 0.3 is 0 Å². The first-order chi connectivity index (χ1) is 4.91. The summed E-state index contributed by atoms with van der Waals surface area (Å²) in [6.45, 7) is 2.80. The molecule has 56 valence electrons. The maximum atomic E-state index is 5.27. The van der Waals surface area contributed by atoms with Crippen LogP contribution in [0, 0.1) is 5.41 Å². The lowest BCUT2D eigenvalue weighted by Crippen LogP contribution is -2.34. The largest absolute Gasteiger partial charge is 0.381 e. The van der Waals surface area contributed by atoms with Crippen molar-refractivity contribution in [1.82, 2.24) is 5.43 Å². The van der Waals surface area contributed by atoms with E-state index in [0.29, 0.717) is 5.41 Å². The molecule has 0 amide bonds. The van der Waals surface area contributed by atoms with E-state index in [0.717, 1.165) is 32.6 Å². The topological polar surface area (TPSA) is 33.6 Å². The van der Waals surface area contributed by atoms with Crippen LogP contribution in [0.25, 0.3) is 0 Å². The van der Waals surface area contributed by atoms with Gasteiger partial charge in [-0.2, -0.15) is 5.10 Å². The molecule has 0 saturated carbocycles. The summed E-state index contributed by atoms with van der Waals surface area (Å²) in [4.78, 5) is 0. The monoisotopic (exact) mass is 140 g/mol. The van der Waals surface area contributed by atoms with Gasteiger partial charge in [-0.25, -0.2) is 0 Å². The highest BCUT2D eigenvalue weighted by Crippen LogP contribution is 2.29. The molecule has 0 aliphatic carbocycles. The Morgan fingerprint density at radius 3 is 2.80 bits per heavy atom. The molecule has 1 N–H and O–H groups in total. The summed E-state index contributed by atoms with van der Waals surface area (Å²) >= 11 is 0. The number of ether oxygens (including phenoxy) is 1. The maximum Gasteiger partial charge on any atom is 0.0475 e. The van der Waals surface area contributed by atoms with Crippen LogP contribution in [0.1, 0.15) is 12.8 Å². The van der Waals surface area contributed by atoms with E-state index in [1.807, 2.05) is 0 Å². The Bertz CT molecular complexity index is 150. The molecule has 0 aromatic carbocycles. The van der Waals surface area contributed by atoms with Crippen LogP contribution in [0.5, 0.6) is 0 Å². The lowest BCUT2D eigenvalue weighted by molar-refractivity contribution is 0.0509. The molecule has 1 spiro atoms. The predicted molar refractivity (Wildman–Crippen MR) is 39.0 cm³/mol. The molecule has 0 radical (unpaired) electrons. The Morgan fingerprint density at radius 2 is 2.20 bits per heavy atom. The normalized spacial score (nSPS) is 28.8. The third-order valence-electron chi connectivity index (χ3n) is 2.35. The summed E-state index contributed by atoms with van der Waals surface area (Å²) in [6.07, 6.45) is 4.31. The van der Waals surface area contributed by atoms with Gasteiger partial charge in [-0.3, -0.25) is 0 Å². The summed E-state index contributed by atoms with van der Waals surface area (Å²) < 4.78 is 5.27. The van der Waals surface area contributed by atoms with Crippen molar-refractivity contribution < 1.29 is 4.74 Å². The SMILES string of the molecule is C1=NNCC12CCOCC2. The van der Waals surface area contributed by atoms with Gasteiger partial charge in [-0.05, 0) is 12.8 Å². The molecule has 1 saturated heterocycles. The van der Waals surface area contributed by atoms with E-state index in [1.54, 1.807) is 0 Å². The van der Waals surface area contributed by atoms with Gasteiger partial charge in [0.2, 0.25) is 0 Å². The molecule has 10 heavy (non-hydrogen) atoms. The quantitative estimate of drug-likeness (QED) is 0.527. The molecule has 3 heteroatoms. The Labute approximate surface area is 60.4 Å². The van der Waals surface area contributed by atoms with Crippen molar-refractivity contribution in [3.8, 4) is 0 Å². The third kappa shape index (κ3) is 0.904. The van der Waals surface area contributed by atoms with E-state index in [4.69, 9.17) is 4.74 Å². The lowest BCUT2D eigenvalue weighted by atomic mass is 9.82. The molecule has 0 aromatic rings. The van der Waals surface area contributed by atoms with Gasteiger partial charge in [-0.1, -0.05) is 0 Å². The molecule has 3 nitrogen and oxygen atoms in total. The number of hydrogen-bond acceptors (Lipinski definition) is 3.